The number of nitrogens with zero attached hydrogens (tertiary/aromatic N) is 1. The number of carbonyl (C=O) groups excluding carboxylic acids is 2. The molecule has 1 aliphatic carbocycles. The Kier molecular flexibility index (Phi) is 5.65. The van der Waals surface area contributed by atoms with Crippen LogP contribution in [0.2, 0.25) is 13.1 Å². The summed E-state index contributed by atoms with van der Waals surface area (Å²) in [6.45, 7) is 4.91. The van der Waals surface area contributed by atoms with Crippen molar-refractivity contribution < 1.29 is 9.59 Å². The Labute approximate surface area is 268 Å². The van der Waals surface area contributed by atoms with Gasteiger partial charge in [0, 0.05) is 28.2 Å². The van der Waals surface area contributed by atoms with Crippen LogP contribution in [-0.4, -0.2) is 19.6 Å². The van der Waals surface area contributed by atoms with Crippen LogP contribution in [0.15, 0.2) is 139 Å². The van der Waals surface area contributed by atoms with Crippen LogP contribution in [0.4, 0.5) is 17.1 Å². The third-order valence-electron chi connectivity index (χ3n) is 9.86. The van der Waals surface area contributed by atoms with Crippen LogP contribution in [0.5, 0.6) is 0 Å². The topological polar surface area (TPSA) is 37.4 Å². The van der Waals surface area contributed by atoms with E-state index in [1.165, 1.54) is 37.9 Å². The van der Waals surface area contributed by atoms with Gasteiger partial charge in [0.25, 0.3) is 0 Å². The molecular weight excluding hydrogens is 579 g/mol. The first-order valence-corrected chi connectivity index (χ1v) is 18.7. The number of allylic oxidation sites excluding steroid dienone is 1. The number of benzene rings is 7. The molecule has 0 aromatic heterocycles. The molecule has 0 fully saturated rings. The van der Waals surface area contributed by atoms with E-state index in [9.17, 15) is 9.59 Å². The van der Waals surface area contributed by atoms with Crippen LogP contribution < -0.4 is 15.3 Å². The maximum atomic E-state index is 13.5. The smallest absolute Gasteiger partial charge is 0.197 e. The summed E-state index contributed by atoms with van der Waals surface area (Å²) < 4.78 is 0. The van der Waals surface area contributed by atoms with Gasteiger partial charge in [-0.25, -0.2) is 0 Å². The van der Waals surface area contributed by atoms with Crippen LogP contribution in [-0.2, 0) is 0 Å². The van der Waals surface area contributed by atoms with Gasteiger partial charge in [0.15, 0.2) is 11.6 Å². The van der Waals surface area contributed by atoms with Crippen molar-refractivity contribution in [1.29, 1.82) is 0 Å². The summed E-state index contributed by atoms with van der Waals surface area (Å²) in [5, 5.41) is 9.54. The summed E-state index contributed by atoms with van der Waals surface area (Å²) in [5.41, 5.74) is 5.66. The van der Waals surface area contributed by atoms with Crippen molar-refractivity contribution in [2.45, 2.75) is 13.1 Å². The first kappa shape index (κ1) is 26.8. The van der Waals surface area contributed by atoms with Gasteiger partial charge in [-0.05, 0) is 96.8 Å². The normalized spacial score (nSPS) is 14.9. The molecule has 1 aliphatic heterocycles. The lowest BCUT2D eigenvalue weighted by molar-refractivity contribution is 0.0990. The minimum Gasteiger partial charge on any atom is -0.311 e. The van der Waals surface area contributed by atoms with E-state index >= 15 is 0 Å². The fraction of sp³-hybridized carbons (Fsp3) is 0.0476. The van der Waals surface area contributed by atoms with Gasteiger partial charge in [-0.3, -0.25) is 9.59 Å². The monoisotopic (exact) mass is 607 g/mol. The highest BCUT2D eigenvalue weighted by molar-refractivity contribution is 7.04. The van der Waals surface area contributed by atoms with Gasteiger partial charge in [0.1, 0.15) is 8.07 Å². The summed E-state index contributed by atoms with van der Waals surface area (Å²) in [7, 11) is -2.20. The van der Waals surface area contributed by atoms with E-state index in [1.807, 2.05) is 36.4 Å². The number of carbonyl (C=O) groups is 2. The fourth-order valence-corrected chi connectivity index (χ4v) is 11.0. The highest BCUT2D eigenvalue weighted by atomic mass is 28.3. The summed E-state index contributed by atoms with van der Waals surface area (Å²) in [5.74, 6) is -0.403. The van der Waals surface area contributed by atoms with Crippen molar-refractivity contribution in [3.05, 3.63) is 156 Å². The minimum atomic E-state index is -2.20. The number of anilines is 3. The van der Waals surface area contributed by atoms with Gasteiger partial charge >= 0.3 is 0 Å². The minimum absolute atomic E-state index is 0.202. The fourth-order valence-electron chi connectivity index (χ4n) is 7.61. The molecule has 0 spiro atoms. The van der Waals surface area contributed by atoms with Gasteiger partial charge < -0.3 is 4.90 Å². The third-order valence-corrected chi connectivity index (χ3v) is 13.4. The SMILES string of the molecule is C[Si]1(C)c2cc3ccccc3cc2N(c2ccccc2)c2ccc3cc(C=C4C(=O)c5cc6ccccc6cc5C4=O)ccc3c21. The second-order valence-electron chi connectivity index (χ2n) is 12.9. The standard InChI is InChI=1S/C42H29NO2Si/c1-46(2)39-25-30-13-9-8-12-29(30)24-38(39)43(32-14-4-3-5-15-32)37-19-17-31-20-26(16-18-33(31)42(37)46)21-36-40(44)34-22-27-10-6-7-11-28(27)23-35(34)41(36)45/h3-25H,1-2H3. The maximum absolute atomic E-state index is 13.5. The van der Waals surface area contributed by atoms with Crippen LogP contribution >= 0.6 is 0 Å². The zero-order valence-electron chi connectivity index (χ0n) is 25.5. The molecule has 0 atom stereocenters. The number of hydrogen-bond acceptors (Lipinski definition) is 3. The van der Waals surface area contributed by atoms with E-state index in [-0.39, 0.29) is 17.1 Å². The maximum Gasteiger partial charge on any atom is 0.197 e. The Morgan fingerprint density at radius 1 is 0.543 bits per heavy atom. The Hall–Kier alpha value is -5.58. The van der Waals surface area contributed by atoms with Gasteiger partial charge in [0.05, 0.1) is 5.57 Å². The van der Waals surface area contributed by atoms with Crippen molar-refractivity contribution in [3.8, 4) is 0 Å². The molecule has 4 heteroatoms. The summed E-state index contributed by atoms with van der Waals surface area (Å²) in [6, 6.07) is 46.4. The molecular formula is C42H29NO2Si. The van der Waals surface area contributed by atoms with Crippen molar-refractivity contribution >= 4 is 85.5 Å². The largest absolute Gasteiger partial charge is 0.311 e. The first-order chi connectivity index (χ1) is 22.4. The van der Waals surface area contributed by atoms with Crippen LogP contribution in [0, 0.1) is 0 Å². The predicted molar refractivity (Wildman–Crippen MR) is 193 cm³/mol. The third kappa shape index (κ3) is 3.84. The summed E-state index contributed by atoms with van der Waals surface area (Å²) in [6.07, 6.45) is 1.77. The molecule has 0 N–H and O–H groups in total. The number of rotatable bonds is 2. The number of hydrogen-bond donors (Lipinski definition) is 0. The van der Waals surface area contributed by atoms with E-state index in [0.29, 0.717) is 11.1 Å². The van der Waals surface area contributed by atoms with Crippen molar-refractivity contribution in [3.63, 3.8) is 0 Å². The van der Waals surface area contributed by atoms with Crippen LogP contribution in [0.1, 0.15) is 26.3 Å². The number of Topliss-reactive ketones (excluding diaryl/α,β-unsaturated/α-hetero) is 2. The van der Waals surface area contributed by atoms with Crippen molar-refractivity contribution in [2.24, 2.45) is 0 Å². The molecule has 2 aliphatic rings. The predicted octanol–water partition coefficient (Wildman–Crippen LogP) is 9.21. The lowest BCUT2D eigenvalue weighted by Gasteiger charge is -2.42. The van der Waals surface area contributed by atoms with E-state index < -0.39 is 8.07 Å². The van der Waals surface area contributed by atoms with E-state index in [2.05, 4.69) is 115 Å². The average molecular weight is 608 g/mol. The molecule has 0 bridgehead atoms. The molecule has 1 heterocycles. The quantitative estimate of drug-likeness (QED) is 0.112. The average Bonchev–Trinajstić information content (AvgIpc) is 3.30. The number of ketones is 2. The molecule has 7 aromatic rings. The lowest BCUT2D eigenvalue weighted by atomic mass is 10.0. The lowest BCUT2D eigenvalue weighted by Crippen LogP contribution is -2.58. The highest BCUT2D eigenvalue weighted by Gasteiger charge is 2.40. The molecule has 9 rings (SSSR count). The van der Waals surface area contributed by atoms with E-state index in [0.717, 1.165) is 27.4 Å². The van der Waals surface area contributed by atoms with Crippen molar-refractivity contribution in [2.75, 3.05) is 4.90 Å². The van der Waals surface area contributed by atoms with E-state index in [4.69, 9.17) is 0 Å². The molecule has 0 unspecified atom stereocenters. The molecule has 3 nitrogen and oxygen atoms in total. The highest BCUT2D eigenvalue weighted by Crippen LogP contribution is 2.41. The van der Waals surface area contributed by atoms with Crippen LogP contribution in [0.3, 0.4) is 0 Å². The molecule has 0 saturated carbocycles. The molecule has 0 amide bonds. The second-order valence-corrected chi connectivity index (χ2v) is 17.2. The first-order valence-electron chi connectivity index (χ1n) is 15.7. The van der Waals surface area contributed by atoms with Crippen molar-refractivity contribution in [1.82, 2.24) is 0 Å². The number of fused-ring (bicyclic) bond motifs is 7. The molecule has 7 aromatic carbocycles. The Morgan fingerprint density at radius 2 is 1.13 bits per heavy atom. The Morgan fingerprint density at radius 3 is 1.78 bits per heavy atom. The Balaban J connectivity index is 1.21. The number of para-hydroxylation sites is 1. The van der Waals surface area contributed by atoms with Gasteiger partial charge in [-0.15, -0.1) is 0 Å². The van der Waals surface area contributed by atoms with Crippen LogP contribution in [0.25, 0.3) is 38.4 Å². The molecule has 0 radical (unpaired) electrons. The summed E-state index contributed by atoms with van der Waals surface area (Å²) in [4.78, 5) is 29.4. The molecule has 0 saturated heterocycles. The zero-order valence-corrected chi connectivity index (χ0v) is 26.5. The van der Waals surface area contributed by atoms with Gasteiger partial charge in [-0.2, -0.15) is 0 Å². The van der Waals surface area contributed by atoms with Gasteiger partial charge in [0.2, 0.25) is 0 Å². The molecule has 46 heavy (non-hydrogen) atoms. The summed E-state index contributed by atoms with van der Waals surface area (Å²) >= 11 is 0. The van der Waals surface area contributed by atoms with E-state index in [1.54, 1.807) is 6.08 Å². The zero-order chi connectivity index (χ0) is 31.2. The molecule has 218 valence electrons. The van der Waals surface area contributed by atoms with Gasteiger partial charge in [-0.1, -0.05) is 104 Å². The second kappa shape index (κ2) is 9.71. The Bertz CT molecular complexity index is 2440.